The summed E-state index contributed by atoms with van der Waals surface area (Å²) in [6, 6.07) is 0. The molecule has 13 heavy (non-hydrogen) atoms. The Hall–Kier alpha value is -0.850. The molecule has 0 fully saturated rings. The number of hydrogen-bond acceptors (Lipinski definition) is 5. The van der Waals surface area contributed by atoms with Gasteiger partial charge in [-0.1, -0.05) is 6.92 Å². The predicted molar refractivity (Wildman–Crippen MR) is 46.5 cm³/mol. The molecule has 80 valence electrons. The van der Waals surface area contributed by atoms with E-state index in [1.165, 1.54) is 7.11 Å². The van der Waals surface area contributed by atoms with E-state index in [1.54, 1.807) is 7.11 Å². The molecule has 0 aliphatic heterocycles. The first-order valence-electron chi connectivity index (χ1n) is 3.79. The molecule has 0 rings (SSSR count). The number of methoxy groups -OCH3 is 1. The maximum Gasteiger partial charge on any atom is 0.505 e. The molecule has 0 saturated heterocycles. The molecule has 0 radical (unpaired) electrons. The van der Waals surface area contributed by atoms with Gasteiger partial charge in [0.1, 0.15) is 6.61 Å². The Kier molecular flexibility index (Phi) is 15.5. The van der Waals surface area contributed by atoms with Gasteiger partial charge in [-0.05, 0) is 0 Å². The summed E-state index contributed by atoms with van der Waals surface area (Å²) in [4.78, 5) is 14.0. The normalized spacial score (nSPS) is 8.54. The van der Waals surface area contributed by atoms with Crippen molar-refractivity contribution in [1.82, 2.24) is 5.48 Å². The Morgan fingerprint density at radius 2 is 2.00 bits per heavy atom. The number of nitrogens with one attached hydrogen (secondary N) is 1. The van der Waals surface area contributed by atoms with E-state index in [-0.39, 0.29) is 6.61 Å². The summed E-state index contributed by atoms with van der Waals surface area (Å²) in [7, 11) is 3.08. The van der Waals surface area contributed by atoms with Crippen molar-refractivity contribution in [1.29, 1.82) is 0 Å². The van der Waals surface area contributed by atoms with Crippen molar-refractivity contribution in [3.8, 4) is 0 Å². The van der Waals surface area contributed by atoms with Gasteiger partial charge in [-0.3, -0.25) is 0 Å². The molecule has 0 spiro atoms. The van der Waals surface area contributed by atoms with Gasteiger partial charge in [0.05, 0.1) is 13.7 Å². The molecule has 0 aliphatic carbocycles. The van der Waals surface area contributed by atoms with Crippen LogP contribution in [-0.4, -0.2) is 45.2 Å². The third kappa shape index (κ3) is 24.7. The van der Waals surface area contributed by atoms with Crippen molar-refractivity contribution in [2.45, 2.75) is 6.92 Å². The zero-order valence-electron chi connectivity index (χ0n) is 8.20. The van der Waals surface area contributed by atoms with Crippen molar-refractivity contribution < 1.29 is 24.2 Å². The maximum absolute atomic E-state index is 9.60. The lowest BCUT2D eigenvalue weighted by molar-refractivity contribution is 0.0630. The van der Waals surface area contributed by atoms with Crippen LogP contribution in [0.15, 0.2) is 0 Å². The van der Waals surface area contributed by atoms with Crippen LogP contribution in [0.3, 0.4) is 0 Å². The number of ether oxygens (including phenoxy) is 2. The molecule has 0 aromatic heterocycles. The molecular weight excluding hydrogens is 178 g/mol. The number of rotatable bonds is 5. The molecule has 2 N–H and O–H groups in total. The highest BCUT2D eigenvalue weighted by Crippen LogP contribution is 1.74. The van der Waals surface area contributed by atoms with E-state index < -0.39 is 6.16 Å². The third-order valence-electron chi connectivity index (χ3n) is 0.802. The van der Waals surface area contributed by atoms with Crippen LogP contribution in [0.2, 0.25) is 0 Å². The average molecular weight is 195 g/mol. The predicted octanol–water partition coefficient (Wildman–Crippen LogP) is 0.485. The minimum absolute atomic E-state index is 0.103. The molecule has 0 amide bonds. The lowest BCUT2D eigenvalue weighted by Gasteiger charge is -1.95. The first kappa shape index (κ1) is 14.7. The zero-order chi connectivity index (χ0) is 10.5. The maximum atomic E-state index is 9.60. The van der Waals surface area contributed by atoms with E-state index in [4.69, 9.17) is 5.11 Å². The number of carboxylic acid groups (broad SMARTS) is 1. The molecule has 0 atom stereocenters. The average Bonchev–Trinajstić information content (AvgIpc) is 2.07. The lowest BCUT2D eigenvalue weighted by atomic mass is 10.8. The van der Waals surface area contributed by atoms with Crippen molar-refractivity contribution in [2.24, 2.45) is 0 Å². The van der Waals surface area contributed by atoms with Gasteiger partial charge in [0.15, 0.2) is 0 Å². The Morgan fingerprint density at radius 3 is 2.23 bits per heavy atom. The second-order valence-corrected chi connectivity index (χ2v) is 1.81. The summed E-state index contributed by atoms with van der Waals surface area (Å²) >= 11 is 0. The number of carbonyl (C=O) groups is 1. The van der Waals surface area contributed by atoms with Crippen LogP contribution in [0.25, 0.3) is 0 Å². The summed E-state index contributed by atoms with van der Waals surface area (Å²) in [6.45, 7) is 3.26. The highest BCUT2D eigenvalue weighted by molar-refractivity contribution is 5.56. The topological polar surface area (TPSA) is 77.0 Å². The highest BCUT2D eigenvalue weighted by Gasteiger charge is 1.91. The quantitative estimate of drug-likeness (QED) is 0.377. The van der Waals surface area contributed by atoms with Crippen molar-refractivity contribution in [3.05, 3.63) is 0 Å². The van der Waals surface area contributed by atoms with Crippen LogP contribution in [0.1, 0.15) is 6.92 Å². The Balaban J connectivity index is 0. The molecule has 0 saturated carbocycles. The highest BCUT2D eigenvalue weighted by atomic mass is 16.7. The summed E-state index contributed by atoms with van der Waals surface area (Å²) in [6.07, 6.45) is -1.26. The molecule has 0 unspecified atom stereocenters. The molecule has 0 heterocycles. The lowest BCUT2D eigenvalue weighted by Crippen LogP contribution is -2.08. The van der Waals surface area contributed by atoms with Crippen LogP contribution in [0, 0.1) is 0 Å². The van der Waals surface area contributed by atoms with Crippen molar-refractivity contribution in [2.75, 3.05) is 34.0 Å². The van der Waals surface area contributed by atoms with Gasteiger partial charge in [0.2, 0.25) is 0 Å². The summed E-state index contributed by atoms with van der Waals surface area (Å²) in [5.41, 5.74) is 2.61. The van der Waals surface area contributed by atoms with Gasteiger partial charge in [0, 0.05) is 13.7 Å². The summed E-state index contributed by atoms with van der Waals surface area (Å²) < 4.78 is 8.58. The van der Waals surface area contributed by atoms with E-state index >= 15 is 0 Å². The van der Waals surface area contributed by atoms with E-state index in [1.807, 2.05) is 6.92 Å². The second kappa shape index (κ2) is 13.7. The van der Waals surface area contributed by atoms with Crippen LogP contribution in [0.5, 0.6) is 0 Å². The monoisotopic (exact) mass is 195 g/mol. The fourth-order valence-corrected chi connectivity index (χ4v) is 0.357. The first-order chi connectivity index (χ1) is 6.18. The first-order valence-corrected chi connectivity index (χ1v) is 3.79. The van der Waals surface area contributed by atoms with Crippen molar-refractivity contribution >= 4 is 6.16 Å². The van der Waals surface area contributed by atoms with Crippen LogP contribution >= 0.6 is 0 Å². The summed E-state index contributed by atoms with van der Waals surface area (Å²) in [5.74, 6) is 0. The Labute approximate surface area is 77.7 Å². The van der Waals surface area contributed by atoms with Gasteiger partial charge >= 0.3 is 6.16 Å². The van der Waals surface area contributed by atoms with Gasteiger partial charge in [-0.25, -0.2) is 10.3 Å². The Morgan fingerprint density at radius 1 is 1.38 bits per heavy atom. The second-order valence-electron chi connectivity index (χ2n) is 1.81. The SMILES string of the molecule is CCNOC.COCCOC(=O)O. The molecule has 6 nitrogen and oxygen atoms in total. The number of hydrogen-bond donors (Lipinski definition) is 2. The molecule has 0 bridgehead atoms. The molecule has 0 aliphatic rings. The minimum atomic E-state index is -1.26. The van der Waals surface area contributed by atoms with E-state index in [0.29, 0.717) is 6.61 Å². The largest absolute Gasteiger partial charge is 0.505 e. The minimum Gasteiger partial charge on any atom is -0.450 e. The molecule has 0 aromatic carbocycles. The van der Waals surface area contributed by atoms with Gasteiger partial charge in [-0.15, -0.1) is 0 Å². The summed E-state index contributed by atoms with van der Waals surface area (Å²) in [5, 5.41) is 7.86. The fourth-order valence-electron chi connectivity index (χ4n) is 0.357. The smallest absolute Gasteiger partial charge is 0.450 e. The van der Waals surface area contributed by atoms with Crippen LogP contribution < -0.4 is 5.48 Å². The fraction of sp³-hybridized carbons (Fsp3) is 0.857. The van der Waals surface area contributed by atoms with Gasteiger partial charge in [0.25, 0.3) is 0 Å². The number of hydroxylamine groups is 1. The van der Waals surface area contributed by atoms with Crippen LogP contribution in [-0.2, 0) is 14.3 Å². The van der Waals surface area contributed by atoms with E-state index in [9.17, 15) is 4.79 Å². The zero-order valence-corrected chi connectivity index (χ0v) is 8.20. The van der Waals surface area contributed by atoms with Gasteiger partial charge < -0.3 is 19.4 Å². The molecular formula is C7H17NO5. The van der Waals surface area contributed by atoms with Crippen LogP contribution in [0.4, 0.5) is 4.79 Å². The van der Waals surface area contributed by atoms with Gasteiger partial charge in [-0.2, -0.15) is 0 Å². The Bertz CT molecular complexity index is 107. The molecule has 0 aromatic rings. The van der Waals surface area contributed by atoms with E-state index in [0.717, 1.165) is 6.54 Å². The molecule has 6 heteroatoms. The third-order valence-corrected chi connectivity index (χ3v) is 0.802. The van der Waals surface area contributed by atoms with Crippen molar-refractivity contribution in [3.63, 3.8) is 0 Å². The standard InChI is InChI=1S/C4H8O4.C3H9NO/c1-7-2-3-8-4(5)6;1-3-4-5-2/h2-3H2,1H3,(H,5,6);4H,3H2,1-2H3. The van der Waals surface area contributed by atoms with E-state index in [2.05, 4.69) is 19.8 Å².